The molecule has 0 spiro atoms. The predicted molar refractivity (Wildman–Crippen MR) is 91.0 cm³/mol. The van der Waals surface area contributed by atoms with Gasteiger partial charge in [0.15, 0.2) is 5.69 Å². The Balaban J connectivity index is 1.30. The predicted octanol–water partition coefficient (Wildman–Crippen LogP) is 2.44. The fraction of sp³-hybridized carbons (Fsp3) is 0.471. The van der Waals surface area contributed by atoms with E-state index in [1.165, 1.54) is 0 Å². The van der Waals surface area contributed by atoms with E-state index in [1.54, 1.807) is 10.9 Å². The normalized spacial score (nSPS) is 19.8. The first-order chi connectivity index (χ1) is 11.6. The first-order valence-corrected chi connectivity index (χ1v) is 8.71. The quantitative estimate of drug-likeness (QED) is 0.904. The van der Waals surface area contributed by atoms with Crippen molar-refractivity contribution in [2.24, 2.45) is 0 Å². The third kappa shape index (κ3) is 3.03. The van der Waals surface area contributed by atoms with Crippen LogP contribution >= 0.6 is 11.6 Å². The van der Waals surface area contributed by atoms with E-state index in [2.05, 4.69) is 33.5 Å². The van der Waals surface area contributed by atoms with Crippen molar-refractivity contribution in [3.8, 4) is 0 Å². The van der Waals surface area contributed by atoms with Crippen LogP contribution in [0.2, 0.25) is 5.02 Å². The first kappa shape index (κ1) is 15.6. The van der Waals surface area contributed by atoms with Gasteiger partial charge in [-0.25, -0.2) is 4.68 Å². The SMILES string of the molecule is CC(c1ccccc1Cl)N1CC(NC(=O)c2cn(C3CC3)nn2)C1. The number of nitrogens with one attached hydrogen (secondary N) is 1. The second-order valence-corrected chi connectivity index (χ2v) is 7.04. The summed E-state index contributed by atoms with van der Waals surface area (Å²) in [5.74, 6) is -0.142. The molecule has 4 rings (SSSR count). The minimum Gasteiger partial charge on any atom is -0.345 e. The molecule has 2 aromatic rings. The van der Waals surface area contributed by atoms with Crippen molar-refractivity contribution >= 4 is 17.5 Å². The molecular weight excluding hydrogens is 326 g/mol. The lowest BCUT2D eigenvalue weighted by molar-refractivity contribution is 0.0672. The molecule has 1 saturated heterocycles. The zero-order valence-corrected chi connectivity index (χ0v) is 14.3. The molecule has 2 heterocycles. The Hall–Kier alpha value is -1.92. The molecule has 126 valence electrons. The van der Waals surface area contributed by atoms with E-state index in [4.69, 9.17) is 11.6 Å². The zero-order chi connectivity index (χ0) is 16.7. The lowest BCUT2D eigenvalue weighted by atomic mass is 10.0. The molecule has 2 fully saturated rings. The molecule has 0 radical (unpaired) electrons. The van der Waals surface area contributed by atoms with Gasteiger partial charge in [0, 0.05) is 24.2 Å². The number of likely N-dealkylation sites (tertiary alicyclic amines) is 1. The van der Waals surface area contributed by atoms with Crippen LogP contribution in [0.15, 0.2) is 30.5 Å². The molecule has 1 unspecified atom stereocenters. The summed E-state index contributed by atoms with van der Waals surface area (Å²) in [4.78, 5) is 14.5. The maximum atomic E-state index is 12.2. The number of aromatic nitrogens is 3. The molecule has 24 heavy (non-hydrogen) atoms. The van der Waals surface area contributed by atoms with Crippen molar-refractivity contribution in [1.82, 2.24) is 25.2 Å². The van der Waals surface area contributed by atoms with Gasteiger partial charge < -0.3 is 5.32 Å². The summed E-state index contributed by atoms with van der Waals surface area (Å²) < 4.78 is 1.79. The summed E-state index contributed by atoms with van der Waals surface area (Å²) in [6.07, 6.45) is 4.00. The summed E-state index contributed by atoms with van der Waals surface area (Å²) in [5.41, 5.74) is 1.52. The van der Waals surface area contributed by atoms with Gasteiger partial charge in [0.05, 0.1) is 18.3 Å². The molecule has 0 bridgehead atoms. The van der Waals surface area contributed by atoms with Gasteiger partial charge in [-0.05, 0) is 31.4 Å². The number of amides is 1. The minimum absolute atomic E-state index is 0.142. The van der Waals surface area contributed by atoms with Gasteiger partial charge in [-0.2, -0.15) is 0 Å². The van der Waals surface area contributed by atoms with Crippen LogP contribution in [0.4, 0.5) is 0 Å². The Bertz CT molecular complexity index is 751. The van der Waals surface area contributed by atoms with Crippen molar-refractivity contribution in [3.05, 3.63) is 46.7 Å². The van der Waals surface area contributed by atoms with Crippen LogP contribution in [0, 0.1) is 0 Å². The lowest BCUT2D eigenvalue weighted by Crippen LogP contribution is -2.59. The average molecular weight is 346 g/mol. The Morgan fingerprint density at radius 3 is 2.79 bits per heavy atom. The molecule has 1 amide bonds. The molecule has 1 aliphatic carbocycles. The summed E-state index contributed by atoms with van der Waals surface area (Å²) in [5, 5.41) is 11.8. The Morgan fingerprint density at radius 1 is 1.33 bits per heavy atom. The van der Waals surface area contributed by atoms with Gasteiger partial charge >= 0.3 is 0 Å². The van der Waals surface area contributed by atoms with Crippen LogP contribution in [0.5, 0.6) is 0 Å². The highest BCUT2D eigenvalue weighted by molar-refractivity contribution is 6.31. The van der Waals surface area contributed by atoms with Crippen molar-refractivity contribution < 1.29 is 4.79 Å². The second-order valence-electron chi connectivity index (χ2n) is 6.64. The zero-order valence-electron chi connectivity index (χ0n) is 13.5. The third-order valence-corrected chi connectivity index (χ3v) is 5.16. The van der Waals surface area contributed by atoms with E-state index < -0.39 is 0 Å². The number of hydrogen-bond donors (Lipinski definition) is 1. The number of carbonyl (C=O) groups excluding carboxylic acids is 1. The topological polar surface area (TPSA) is 63.1 Å². The molecular formula is C17H20ClN5O. The van der Waals surface area contributed by atoms with Gasteiger partial charge in [0.2, 0.25) is 0 Å². The molecule has 1 aromatic heterocycles. The molecule has 1 aliphatic heterocycles. The van der Waals surface area contributed by atoms with Crippen molar-refractivity contribution in [2.45, 2.75) is 37.9 Å². The number of halogens is 1. The number of nitrogens with zero attached hydrogens (tertiary/aromatic N) is 4. The van der Waals surface area contributed by atoms with Gasteiger partial charge in [-0.3, -0.25) is 9.69 Å². The maximum Gasteiger partial charge on any atom is 0.273 e. The van der Waals surface area contributed by atoms with Crippen LogP contribution in [-0.2, 0) is 0 Å². The minimum atomic E-state index is -0.142. The second kappa shape index (κ2) is 6.18. The number of hydrogen-bond acceptors (Lipinski definition) is 4. The number of benzene rings is 1. The number of carbonyl (C=O) groups is 1. The van der Waals surface area contributed by atoms with Crippen LogP contribution in [0.1, 0.15) is 47.9 Å². The van der Waals surface area contributed by atoms with Crippen LogP contribution in [-0.4, -0.2) is 44.9 Å². The number of rotatable bonds is 5. The molecule has 1 saturated carbocycles. The van der Waals surface area contributed by atoms with E-state index in [0.717, 1.165) is 36.5 Å². The Labute approximate surface area is 145 Å². The van der Waals surface area contributed by atoms with Crippen molar-refractivity contribution in [3.63, 3.8) is 0 Å². The lowest BCUT2D eigenvalue weighted by Gasteiger charge is -2.43. The Kier molecular flexibility index (Phi) is 4.02. The molecule has 1 aromatic carbocycles. The monoisotopic (exact) mass is 345 g/mol. The summed E-state index contributed by atoms with van der Waals surface area (Å²) in [7, 11) is 0. The van der Waals surface area contributed by atoms with Crippen LogP contribution < -0.4 is 5.32 Å². The van der Waals surface area contributed by atoms with Gasteiger partial charge in [0.25, 0.3) is 5.91 Å². The fourth-order valence-corrected chi connectivity index (χ4v) is 3.38. The average Bonchev–Trinajstić information content (AvgIpc) is 3.27. The molecule has 1 atom stereocenters. The smallest absolute Gasteiger partial charge is 0.273 e. The van der Waals surface area contributed by atoms with Gasteiger partial charge in [0.1, 0.15) is 0 Å². The third-order valence-electron chi connectivity index (χ3n) is 4.81. The van der Waals surface area contributed by atoms with E-state index in [0.29, 0.717) is 11.7 Å². The van der Waals surface area contributed by atoms with E-state index in [1.807, 2.05) is 18.2 Å². The van der Waals surface area contributed by atoms with Gasteiger partial charge in [-0.1, -0.05) is 35.0 Å². The summed E-state index contributed by atoms with van der Waals surface area (Å²) in [6, 6.07) is 8.72. The Morgan fingerprint density at radius 2 is 2.08 bits per heavy atom. The van der Waals surface area contributed by atoms with E-state index >= 15 is 0 Å². The molecule has 1 N–H and O–H groups in total. The van der Waals surface area contributed by atoms with Crippen LogP contribution in [0.25, 0.3) is 0 Å². The highest BCUT2D eigenvalue weighted by Gasteiger charge is 2.33. The van der Waals surface area contributed by atoms with E-state index in [-0.39, 0.29) is 18.0 Å². The fourth-order valence-electron chi connectivity index (χ4n) is 3.09. The molecule has 2 aliphatic rings. The first-order valence-electron chi connectivity index (χ1n) is 8.33. The van der Waals surface area contributed by atoms with Gasteiger partial charge in [-0.15, -0.1) is 5.10 Å². The van der Waals surface area contributed by atoms with Crippen LogP contribution in [0.3, 0.4) is 0 Å². The summed E-state index contributed by atoms with van der Waals surface area (Å²) >= 11 is 6.26. The largest absolute Gasteiger partial charge is 0.345 e. The highest BCUT2D eigenvalue weighted by Crippen LogP contribution is 2.33. The standard InChI is InChI=1S/C17H20ClN5O/c1-11(14-4-2-3-5-15(14)18)22-8-12(9-22)19-17(24)16-10-23(21-20-16)13-6-7-13/h2-5,10-13H,6-9H2,1H3,(H,19,24). The maximum absolute atomic E-state index is 12.2. The van der Waals surface area contributed by atoms with E-state index in [9.17, 15) is 4.79 Å². The summed E-state index contributed by atoms with van der Waals surface area (Å²) in [6.45, 7) is 3.77. The molecule has 7 heteroatoms. The van der Waals surface area contributed by atoms with Crippen molar-refractivity contribution in [2.75, 3.05) is 13.1 Å². The highest BCUT2D eigenvalue weighted by atomic mass is 35.5. The molecule has 6 nitrogen and oxygen atoms in total. The van der Waals surface area contributed by atoms with Crippen molar-refractivity contribution in [1.29, 1.82) is 0 Å².